The summed E-state index contributed by atoms with van der Waals surface area (Å²) in [5, 5.41) is 13.3. The first kappa shape index (κ1) is 26.8. The van der Waals surface area contributed by atoms with Gasteiger partial charge in [-0.05, 0) is 67.8 Å². The number of ether oxygens (including phenoxy) is 2. The molecular weight excluding hydrogens is 498 g/mol. The van der Waals surface area contributed by atoms with Gasteiger partial charge in [0.1, 0.15) is 11.5 Å². The Morgan fingerprint density at radius 1 is 0.949 bits per heavy atom. The number of aryl methyl sites for hydroxylation is 1. The van der Waals surface area contributed by atoms with Crippen LogP contribution in [0.3, 0.4) is 0 Å². The molecule has 39 heavy (non-hydrogen) atoms. The topological polar surface area (TPSA) is 110 Å². The molecule has 10 nitrogen and oxygen atoms in total. The van der Waals surface area contributed by atoms with E-state index < -0.39 is 6.16 Å². The first-order valence-electron chi connectivity index (χ1n) is 13.7. The van der Waals surface area contributed by atoms with Gasteiger partial charge in [0, 0.05) is 75.1 Å². The van der Waals surface area contributed by atoms with Crippen LogP contribution in [0, 0.1) is 0 Å². The molecule has 0 bridgehead atoms. The van der Waals surface area contributed by atoms with Crippen LogP contribution in [-0.2, 0) is 6.42 Å². The van der Waals surface area contributed by atoms with E-state index in [0.717, 1.165) is 74.2 Å². The summed E-state index contributed by atoms with van der Waals surface area (Å²) in [6.07, 6.45) is 3.33. The van der Waals surface area contributed by atoms with Crippen molar-refractivity contribution in [1.29, 1.82) is 0 Å². The standard InChI is InChI=1S/C29H37N5O5/c1-38-23-7-5-22(6-8-23)33-18-16-32(17-19-33)13-3-2-4-21-20-31-24-9-10-25(39-29(36)37)27(26(21)24)28(35)34-14-11-30-12-15-34/h5-10,20,30-31H,2-4,11-19H2,1H3,(H,36,37). The molecule has 0 unspecified atom stereocenters. The molecule has 10 heteroatoms. The zero-order chi connectivity index (χ0) is 27.2. The molecule has 0 atom stereocenters. The number of aromatic amines is 1. The minimum absolute atomic E-state index is 0.0918. The number of unbranched alkanes of at least 4 members (excludes halogenated alkanes) is 1. The summed E-state index contributed by atoms with van der Waals surface area (Å²) in [6, 6.07) is 11.6. The van der Waals surface area contributed by atoms with Crippen LogP contribution in [-0.4, -0.2) is 98.0 Å². The van der Waals surface area contributed by atoms with Gasteiger partial charge in [-0.3, -0.25) is 9.69 Å². The number of carbonyl (C=O) groups is 2. The van der Waals surface area contributed by atoms with E-state index >= 15 is 0 Å². The maximum atomic E-state index is 13.6. The molecule has 3 heterocycles. The number of nitrogens with zero attached hydrogens (tertiary/aromatic N) is 3. The van der Waals surface area contributed by atoms with Crippen LogP contribution in [0.5, 0.6) is 11.5 Å². The highest BCUT2D eigenvalue weighted by Crippen LogP contribution is 2.33. The van der Waals surface area contributed by atoms with E-state index in [1.54, 1.807) is 24.1 Å². The third-order valence-corrected chi connectivity index (χ3v) is 7.69. The Balaban J connectivity index is 1.20. The fourth-order valence-electron chi connectivity index (χ4n) is 5.56. The molecule has 2 aliphatic rings. The highest BCUT2D eigenvalue weighted by atomic mass is 16.7. The van der Waals surface area contributed by atoms with Crippen LogP contribution in [0.15, 0.2) is 42.6 Å². The highest BCUT2D eigenvalue weighted by molar-refractivity contribution is 6.10. The second-order valence-corrected chi connectivity index (χ2v) is 10.1. The van der Waals surface area contributed by atoms with Gasteiger partial charge in [0.05, 0.1) is 12.7 Å². The van der Waals surface area contributed by atoms with E-state index in [9.17, 15) is 14.7 Å². The number of carbonyl (C=O) groups excluding carboxylic acids is 1. The largest absolute Gasteiger partial charge is 0.511 e. The molecule has 3 N–H and O–H groups in total. The number of H-pyrrole nitrogens is 1. The zero-order valence-corrected chi connectivity index (χ0v) is 22.4. The van der Waals surface area contributed by atoms with E-state index in [1.165, 1.54) is 5.69 Å². The van der Waals surface area contributed by atoms with Crippen LogP contribution in [0.1, 0.15) is 28.8 Å². The number of carboxylic acid groups (broad SMARTS) is 1. The average molecular weight is 536 g/mol. The van der Waals surface area contributed by atoms with E-state index in [-0.39, 0.29) is 11.7 Å². The molecule has 208 valence electrons. The number of fused-ring (bicyclic) bond motifs is 1. The second kappa shape index (κ2) is 12.4. The smallest absolute Gasteiger partial charge is 0.497 e. The number of benzene rings is 2. The summed E-state index contributed by atoms with van der Waals surface area (Å²) < 4.78 is 10.3. The molecule has 1 amide bonds. The van der Waals surface area contributed by atoms with Crippen molar-refractivity contribution in [3.8, 4) is 11.5 Å². The van der Waals surface area contributed by atoms with Crippen molar-refractivity contribution in [1.82, 2.24) is 20.1 Å². The fourth-order valence-corrected chi connectivity index (χ4v) is 5.56. The van der Waals surface area contributed by atoms with E-state index in [2.05, 4.69) is 32.2 Å². The molecule has 2 fully saturated rings. The van der Waals surface area contributed by atoms with Crippen molar-refractivity contribution < 1.29 is 24.2 Å². The Labute approximate surface area is 228 Å². The molecule has 0 aliphatic carbocycles. The summed E-state index contributed by atoms with van der Waals surface area (Å²) in [4.78, 5) is 34.9. The zero-order valence-electron chi connectivity index (χ0n) is 22.4. The number of methoxy groups -OCH3 is 1. The molecule has 2 aliphatic heterocycles. The van der Waals surface area contributed by atoms with Gasteiger partial charge in [-0.1, -0.05) is 0 Å². The summed E-state index contributed by atoms with van der Waals surface area (Å²) in [7, 11) is 1.68. The number of hydrogen-bond acceptors (Lipinski definition) is 7. The molecule has 0 spiro atoms. The van der Waals surface area contributed by atoms with Crippen molar-refractivity contribution in [2.75, 3.05) is 70.9 Å². The van der Waals surface area contributed by atoms with Gasteiger partial charge < -0.3 is 34.7 Å². The number of aromatic nitrogens is 1. The maximum absolute atomic E-state index is 13.6. The van der Waals surface area contributed by atoms with E-state index in [0.29, 0.717) is 31.7 Å². The minimum atomic E-state index is -1.42. The average Bonchev–Trinajstić information content (AvgIpc) is 3.38. The van der Waals surface area contributed by atoms with Gasteiger partial charge in [-0.25, -0.2) is 4.79 Å². The summed E-state index contributed by atoms with van der Waals surface area (Å²) in [5.74, 6) is 0.779. The lowest BCUT2D eigenvalue weighted by Crippen LogP contribution is -2.46. The van der Waals surface area contributed by atoms with Gasteiger partial charge in [0.15, 0.2) is 0 Å². The lowest BCUT2D eigenvalue weighted by molar-refractivity contribution is 0.0734. The lowest BCUT2D eigenvalue weighted by Gasteiger charge is -2.36. The van der Waals surface area contributed by atoms with Gasteiger partial charge in [0.25, 0.3) is 5.91 Å². The molecule has 2 aromatic carbocycles. The first-order valence-corrected chi connectivity index (χ1v) is 13.7. The normalized spacial score (nSPS) is 16.4. The molecule has 3 aromatic rings. The van der Waals surface area contributed by atoms with E-state index in [4.69, 9.17) is 9.47 Å². The second-order valence-electron chi connectivity index (χ2n) is 10.1. The quantitative estimate of drug-likeness (QED) is 0.217. The maximum Gasteiger partial charge on any atom is 0.511 e. The van der Waals surface area contributed by atoms with Gasteiger partial charge in [-0.15, -0.1) is 0 Å². The SMILES string of the molecule is COc1ccc(N2CCN(CCCCc3c[nH]c4ccc(OC(=O)O)c(C(=O)N5CCNCC5)c34)CC2)cc1. The Bertz CT molecular complexity index is 1280. The predicted molar refractivity (Wildman–Crippen MR) is 150 cm³/mol. The van der Waals surface area contributed by atoms with Crippen molar-refractivity contribution in [2.24, 2.45) is 0 Å². The Kier molecular flexibility index (Phi) is 8.53. The number of rotatable bonds is 9. The highest BCUT2D eigenvalue weighted by Gasteiger charge is 2.27. The van der Waals surface area contributed by atoms with Crippen LogP contribution in [0.4, 0.5) is 10.5 Å². The minimum Gasteiger partial charge on any atom is -0.497 e. The van der Waals surface area contributed by atoms with Gasteiger partial charge >= 0.3 is 6.16 Å². The predicted octanol–water partition coefficient (Wildman–Crippen LogP) is 3.42. The molecular formula is C29H37N5O5. The Morgan fingerprint density at radius 2 is 1.69 bits per heavy atom. The molecule has 2 saturated heterocycles. The number of amides is 1. The van der Waals surface area contributed by atoms with Crippen molar-refractivity contribution in [2.45, 2.75) is 19.3 Å². The van der Waals surface area contributed by atoms with E-state index in [1.807, 2.05) is 18.3 Å². The fraction of sp³-hybridized carbons (Fsp3) is 0.448. The van der Waals surface area contributed by atoms with Crippen molar-refractivity contribution in [3.63, 3.8) is 0 Å². The number of anilines is 1. The number of nitrogens with one attached hydrogen (secondary N) is 2. The number of piperazine rings is 2. The third-order valence-electron chi connectivity index (χ3n) is 7.69. The van der Waals surface area contributed by atoms with Crippen LogP contribution >= 0.6 is 0 Å². The summed E-state index contributed by atoms with van der Waals surface area (Å²) >= 11 is 0. The van der Waals surface area contributed by atoms with Crippen LogP contribution < -0.4 is 19.7 Å². The summed E-state index contributed by atoms with van der Waals surface area (Å²) in [5.41, 5.74) is 3.40. The third kappa shape index (κ3) is 6.29. The lowest BCUT2D eigenvalue weighted by atomic mass is 10.00. The Hall–Kier alpha value is -3.76. The first-order chi connectivity index (χ1) is 19.0. The Morgan fingerprint density at radius 3 is 2.38 bits per heavy atom. The number of hydrogen-bond donors (Lipinski definition) is 3. The molecule has 5 rings (SSSR count). The molecule has 0 radical (unpaired) electrons. The van der Waals surface area contributed by atoms with Crippen molar-refractivity contribution >= 4 is 28.7 Å². The van der Waals surface area contributed by atoms with Crippen LogP contribution in [0.2, 0.25) is 0 Å². The van der Waals surface area contributed by atoms with Crippen molar-refractivity contribution in [3.05, 3.63) is 53.7 Å². The summed E-state index contributed by atoms with van der Waals surface area (Å²) in [6.45, 7) is 7.66. The molecule has 0 saturated carbocycles. The van der Waals surface area contributed by atoms with Gasteiger partial charge in [0.2, 0.25) is 0 Å². The van der Waals surface area contributed by atoms with Gasteiger partial charge in [-0.2, -0.15) is 0 Å². The monoisotopic (exact) mass is 535 g/mol. The molecule has 1 aromatic heterocycles. The van der Waals surface area contributed by atoms with Crippen LogP contribution in [0.25, 0.3) is 10.9 Å².